The van der Waals surface area contributed by atoms with E-state index in [1.54, 1.807) is 0 Å². The molecule has 418 valence electrons. The number of aliphatic hydroxyl groups excluding tert-OH is 21. The highest BCUT2D eigenvalue weighted by Crippen LogP contribution is 2.36. The van der Waals surface area contributed by atoms with Gasteiger partial charge >= 0.3 is 0 Å². The van der Waals surface area contributed by atoms with Crippen LogP contribution in [0.1, 0.15) is 0 Å². The average Bonchev–Trinajstić information content (AvgIpc) is 3.37. The van der Waals surface area contributed by atoms with E-state index in [2.05, 4.69) is 5.32 Å². The summed E-state index contributed by atoms with van der Waals surface area (Å²) in [5, 5.41) is 223. The van der Waals surface area contributed by atoms with Crippen molar-refractivity contribution in [3.05, 3.63) is 0 Å². The predicted octanol–water partition coefficient (Wildman–Crippen LogP) is -15.6. The van der Waals surface area contributed by atoms with Crippen LogP contribution in [-0.4, -0.2) is 344 Å². The lowest BCUT2D eigenvalue weighted by Gasteiger charge is -2.49. The number of hydrogen-bond acceptors (Lipinski definition) is 33. The summed E-state index contributed by atoms with van der Waals surface area (Å²) in [7, 11) is 0. The van der Waals surface area contributed by atoms with E-state index in [-0.39, 0.29) is 13.1 Å². The molecule has 0 aliphatic carbocycles. The van der Waals surface area contributed by atoms with Gasteiger partial charge in [0.2, 0.25) is 0 Å². The molecule has 71 heavy (non-hydrogen) atoms. The van der Waals surface area contributed by atoms with Crippen LogP contribution in [0.5, 0.6) is 0 Å². The van der Waals surface area contributed by atoms with Crippen LogP contribution < -0.4 is 11.1 Å². The summed E-state index contributed by atoms with van der Waals surface area (Å²) in [6, 6.07) is 0. The Bertz CT molecular complexity index is 1550. The maximum Gasteiger partial charge on any atom is 0.187 e. The summed E-state index contributed by atoms with van der Waals surface area (Å²) in [5.74, 6) is 0. The van der Waals surface area contributed by atoms with Crippen LogP contribution in [0.3, 0.4) is 0 Å². The summed E-state index contributed by atoms with van der Waals surface area (Å²) in [4.78, 5) is 0. The number of ether oxygens (including phenoxy) is 10. The molecule has 1 unspecified atom stereocenters. The van der Waals surface area contributed by atoms with Gasteiger partial charge in [0.1, 0.15) is 153 Å². The van der Waals surface area contributed by atoms with Gasteiger partial charge in [-0.05, 0) is 0 Å². The van der Waals surface area contributed by atoms with Gasteiger partial charge in [-0.1, -0.05) is 0 Å². The van der Waals surface area contributed by atoms with Crippen molar-refractivity contribution in [1.29, 1.82) is 0 Å². The van der Waals surface area contributed by atoms with Gasteiger partial charge < -0.3 is 160 Å². The molecule has 24 N–H and O–H groups in total. The number of nitrogens with two attached hydrogens (primary N) is 1. The Kier molecular flexibility index (Phi) is 23.1. The highest BCUT2D eigenvalue weighted by atomic mass is 16.8. The second-order valence-corrected chi connectivity index (χ2v) is 17.4. The molecule has 5 fully saturated rings. The predicted molar refractivity (Wildman–Crippen MR) is 217 cm³/mol. The second-order valence-electron chi connectivity index (χ2n) is 17.4. The van der Waals surface area contributed by atoms with E-state index in [1.807, 2.05) is 0 Å². The van der Waals surface area contributed by atoms with Gasteiger partial charge in [-0.2, -0.15) is 0 Å². The van der Waals surface area contributed by atoms with Crippen LogP contribution in [0.4, 0.5) is 0 Å². The smallest absolute Gasteiger partial charge is 0.187 e. The summed E-state index contributed by atoms with van der Waals surface area (Å²) in [6.45, 7) is -6.05. The molecule has 5 saturated heterocycles. The van der Waals surface area contributed by atoms with Gasteiger partial charge in [-0.25, -0.2) is 0 Å². The standard InChI is InChI=1S/C38H70N2O31/c39-1-2-40-33(61)22(55)17(50)28(9(47)3-41)67-35-24(57)18(51)30(11(5-43)63-35)69-37-26(59)20(53)32(13(7-45)65-37)71-38-27(60)21(54)31(14(8-46)66-38)70-36-25(58)19(52)29(12(6-44)64-36)68-34-23(56)16(49)15(48)10(4-42)62-34/h9-38,40-61H,1-8,39H2/t9-,10-,11-,12-,13-,14-,15-,16+,17-,18-,19-,20-,21-,22-,23-,24-,25-,26-,27-,28-,29-,30-,31-,32-,33?,34-,35-,36-,37-,38-/m1/s1. The molecular formula is C38H70N2O31. The van der Waals surface area contributed by atoms with Crippen molar-refractivity contribution in [3.63, 3.8) is 0 Å². The Hall–Kier alpha value is -1.32. The van der Waals surface area contributed by atoms with Gasteiger partial charge in [0.25, 0.3) is 0 Å². The zero-order chi connectivity index (χ0) is 52.8. The van der Waals surface area contributed by atoms with Crippen molar-refractivity contribution < 1.29 is 155 Å². The molecular weight excluding hydrogens is 980 g/mol. The molecule has 5 aliphatic rings. The first-order valence-electron chi connectivity index (χ1n) is 22.5. The van der Waals surface area contributed by atoms with Crippen molar-refractivity contribution in [2.75, 3.05) is 52.7 Å². The summed E-state index contributed by atoms with van der Waals surface area (Å²) >= 11 is 0. The lowest BCUT2D eigenvalue weighted by atomic mass is 9.95. The van der Waals surface area contributed by atoms with E-state index in [4.69, 9.17) is 53.1 Å². The van der Waals surface area contributed by atoms with Crippen LogP contribution in [0.25, 0.3) is 0 Å². The van der Waals surface area contributed by atoms with Crippen LogP contribution >= 0.6 is 0 Å². The Morgan fingerprint density at radius 1 is 0.394 bits per heavy atom. The summed E-state index contributed by atoms with van der Waals surface area (Å²) < 4.78 is 55.4. The van der Waals surface area contributed by atoms with Gasteiger partial charge in [-0.15, -0.1) is 0 Å². The Morgan fingerprint density at radius 3 is 1.03 bits per heavy atom. The molecule has 0 aromatic heterocycles. The minimum absolute atomic E-state index is 0.00855. The molecule has 33 heteroatoms. The van der Waals surface area contributed by atoms with Gasteiger partial charge in [0.15, 0.2) is 31.5 Å². The molecule has 5 aliphatic heterocycles. The van der Waals surface area contributed by atoms with Crippen LogP contribution in [0, 0.1) is 0 Å². The molecule has 0 aromatic carbocycles. The van der Waals surface area contributed by atoms with Gasteiger partial charge in [0.05, 0.1) is 39.6 Å². The van der Waals surface area contributed by atoms with Crippen LogP contribution in [-0.2, 0) is 47.4 Å². The van der Waals surface area contributed by atoms with Crippen molar-refractivity contribution in [1.82, 2.24) is 5.32 Å². The van der Waals surface area contributed by atoms with E-state index in [0.717, 1.165) is 0 Å². The van der Waals surface area contributed by atoms with Gasteiger partial charge in [0, 0.05) is 13.1 Å². The molecule has 0 amide bonds. The third kappa shape index (κ3) is 13.4. The van der Waals surface area contributed by atoms with Crippen molar-refractivity contribution >= 4 is 0 Å². The Balaban J connectivity index is 1.21. The third-order valence-electron chi connectivity index (χ3n) is 12.7. The van der Waals surface area contributed by atoms with Crippen molar-refractivity contribution in [3.8, 4) is 0 Å². The van der Waals surface area contributed by atoms with E-state index in [1.165, 1.54) is 0 Å². The lowest BCUT2D eigenvalue weighted by molar-refractivity contribution is -0.394. The second kappa shape index (κ2) is 27.1. The van der Waals surface area contributed by atoms with E-state index >= 15 is 0 Å². The minimum atomic E-state index is -2.21. The van der Waals surface area contributed by atoms with E-state index < -0.39 is 224 Å². The zero-order valence-corrected chi connectivity index (χ0v) is 37.5. The SMILES string of the molecule is NCCNC(O)[C@H](O)[C@@H](O)[C@H](O[C@H]1O[C@H](CO)[C@@H](O[C@H]2O[C@H](CO)[C@@H](O[C@H]3O[C@H](CO)[C@@H](O[C@H]4O[C@H](CO)[C@@H](O[C@H]5O[C@H](CO)[C@@H](O)[C@H](O)[C@H]5O)[C@H](O)[C@H]4O)[C@H](O)[C@H]3O)[C@H](O)[C@H]2O)[C@H](O)[C@H]1O)[C@H](O)CO. The fraction of sp³-hybridized carbons (Fsp3) is 1.00. The lowest BCUT2D eigenvalue weighted by Crippen LogP contribution is -2.68. The average molecular weight is 1050 g/mol. The number of rotatable bonds is 23. The number of aliphatic hydroxyl groups is 21. The molecule has 30 atom stereocenters. The summed E-state index contributed by atoms with van der Waals surface area (Å²) in [5.41, 5.74) is 5.35. The molecule has 0 spiro atoms. The molecule has 5 rings (SSSR count). The van der Waals surface area contributed by atoms with Crippen molar-refractivity contribution in [2.45, 2.75) is 184 Å². The normalized spacial score (nSPS) is 46.8. The fourth-order valence-electron chi connectivity index (χ4n) is 8.52. The third-order valence-corrected chi connectivity index (χ3v) is 12.7. The maximum absolute atomic E-state index is 11.2. The molecule has 0 aromatic rings. The zero-order valence-electron chi connectivity index (χ0n) is 37.5. The fourth-order valence-corrected chi connectivity index (χ4v) is 8.52. The highest BCUT2D eigenvalue weighted by Gasteiger charge is 2.57. The highest BCUT2D eigenvalue weighted by molar-refractivity contribution is 4.99. The molecule has 0 bridgehead atoms. The maximum atomic E-state index is 11.2. The molecule has 5 heterocycles. The first-order valence-corrected chi connectivity index (χ1v) is 22.5. The quantitative estimate of drug-likeness (QED) is 0.0423. The van der Waals surface area contributed by atoms with E-state index in [0.29, 0.717) is 0 Å². The minimum Gasteiger partial charge on any atom is -0.394 e. The first-order chi connectivity index (χ1) is 33.6. The monoisotopic (exact) mass is 1050 g/mol. The largest absolute Gasteiger partial charge is 0.394 e. The summed E-state index contributed by atoms with van der Waals surface area (Å²) in [6.07, 6.45) is -58.7. The molecule has 0 saturated carbocycles. The van der Waals surface area contributed by atoms with Gasteiger partial charge in [-0.3, -0.25) is 5.32 Å². The molecule has 33 nitrogen and oxygen atoms in total. The number of nitrogens with one attached hydrogen (secondary N) is 1. The van der Waals surface area contributed by atoms with Crippen molar-refractivity contribution in [2.24, 2.45) is 5.73 Å². The molecule has 0 radical (unpaired) electrons. The van der Waals surface area contributed by atoms with Crippen LogP contribution in [0.15, 0.2) is 0 Å². The first kappa shape index (κ1) is 60.5. The topological polar surface area (TPSA) is 555 Å². The van der Waals surface area contributed by atoms with Crippen LogP contribution in [0.2, 0.25) is 0 Å². The Labute approximate surface area is 402 Å². The number of hydrogen-bond donors (Lipinski definition) is 23. The van der Waals surface area contributed by atoms with E-state index in [9.17, 15) is 107 Å². The Morgan fingerprint density at radius 2 is 0.704 bits per heavy atom.